The second-order valence-corrected chi connectivity index (χ2v) is 4.33. The maximum absolute atomic E-state index is 11.9. The SMILES string of the molecule is CCCCN(C(=O)CCC)C(C)CCC. The largest absolute Gasteiger partial charge is 0.340 e. The number of amides is 1. The minimum absolute atomic E-state index is 0.340. The van der Waals surface area contributed by atoms with E-state index in [2.05, 4.69) is 32.6 Å². The van der Waals surface area contributed by atoms with Gasteiger partial charge in [-0.15, -0.1) is 0 Å². The van der Waals surface area contributed by atoms with Crippen molar-refractivity contribution in [1.29, 1.82) is 0 Å². The molecule has 0 bridgehead atoms. The van der Waals surface area contributed by atoms with Crippen LogP contribution < -0.4 is 0 Å². The van der Waals surface area contributed by atoms with Gasteiger partial charge in [-0.2, -0.15) is 0 Å². The molecule has 0 aliphatic carbocycles. The highest BCUT2D eigenvalue weighted by molar-refractivity contribution is 5.76. The van der Waals surface area contributed by atoms with Crippen molar-refractivity contribution >= 4 is 5.91 Å². The van der Waals surface area contributed by atoms with Gasteiger partial charge in [0.2, 0.25) is 5.91 Å². The van der Waals surface area contributed by atoms with Crippen LogP contribution >= 0.6 is 0 Å². The topological polar surface area (TPSA) is 20.3 Å². The lowest BCUT2D eigenvalue weighted by atomic mass is 10.1. The van der Waals surface area contributed by atoms with Crippen molar-refractivity contribution < 1.29 is 4.79 Å². The van der Waals surface area contributed by atoms with Crippen LogP contribution in [0.25, 0.3) is 0 Å². The zero-order valence-electron chi connectivity index (χ0n) is 10.9. The Kier molecular flexibility index (Phi) is 8.44. The summed E-state index contributed by atoms with van der Waals surface area (Å²) in [6, 6.07) is 0.417. The smallest absolute Gasteiger partial charge is 0.222 e. The fourth-order valence-electron chi connectivity index (χ4n) is 1.85. The average molecular weight is 213 g/mol. The van der Waals surface area contributed by atoms with E-state index in [1.807, 2.05) is 0 Å². The van der Waals surface area contributed by atoms with E-state index in [1.165, 1.54) is 0 Å². The van der Waals surface area contributed by atoms with Crippen LogP contribution in [-0.2, 0) is 4.79 Å². The molecule has 0 saturated heterocycles. The number of carbonyl (C=O) groups excluding carboxylic acids is 1. The Balaban J connectivity index is 4.21. The maximum Gasteiger partial charge on any atom is 0.222 e. The molecule has 1 unspecified atom stereocenters. The summed E-state index contributed by atoms with van der Waals surface area (Å²) in [7, 11) is 0. The van der Waals surface area contributed by atoms with Gasteiger partial charge in [-0.25, -0.2) is 0 Å². The van der Waals surface area contributed by atoms with Crippen molar-refractivity contribution in [3.05, 3.63) is 0 Å². The van der Waals surface area contributed by atoms with E-state index in [9.17, 15) is 4.79 Å². The van der Waals surface area contributed by atoms with Crippen LogP contribution in [-0.4, -0.2) is 23.4 Å². The van der Waals surface area contributed by atoms with Gasteiger partial charge in [0.1, 0.15) is 0 Å². The van der Waals surface area contributed by atoms with Crippen molar-refractivity contribution in [2.75, 3.05) is 6.54 Å². The van der Waals surface area contributed by atoms with Gasteiger partial charge in [0.05, 0.1) is 0 Å². The molecule has 0 rings (SSSR count). The molecule has 90 valence electrons. The molecule has 15 heavy (non-hydrogen) atoms. The Morgan fingerprint density at radius 1 is 1.13 bits per heavy atom. The predicted octanol–water partition coefficient (Wildman–Crippen LogP) is 3.60. The average Bonchev–Trinajstić information content (AvgIpc) is 2.19. The van der Waals surface area contributed by atoms with E-state index in [4.69, 9.17) is 0 Å². The predicted molar refractivity (Wildman–Crippen MR) is 65.9 cm³/mol. The van der Waals surface area contributed by atoms with E-state index < -0.39 is 0 Å². The van der Waals surface area contributed by atoms with Gasteiger partial charge in [0.15, 0.2) is 0 Å². The third-order valence-electron chi connectivity index (χ3n) is 2.78. The summed E-state index contributed by atoms with van der Waals surface area (Å²) in [6.07, 6.45) is 6.23. The van der Waals surface area contributed by atoms with Crippen LogP contribution in [0.2, 0.25) is 0 Å². The quantitative estimate of drug-likeness (QED) is 0.603. The summed E-state index contributed by atoms with van der Waals surface area (Å²) in [5, 5.41) is 0. The van der Waals surface area contributed by atoms with Crippen molar-refractivity contribution in [2.45, 2.75) is 72.3 Å². The number of unbranched alkanes of at least 4 members (excludes halogenated alkanes) is 1. The van der Waals surface area contributed by atoms with Gasteiger partial charge in [-0.3, -0.25) is 4.79 Å². The molecule has 0 fully saturated rings. The van der Waals surface area contributed by atoms with Crippen molar-refractivity contribution in [3.63, 3.8) is 0 Å². The van der Waals surface area contributed by atoms with Gasteiger partial charge in [0, 0.05) is 19.0 Å². The monoisotopic (exact) mass is 213 g/mol. The molecule has 0 saturated carbocycles. The second-order valence-electron chi connectivity index (χ2n) is 4.33. The Morgan fingerprint density at radius 3 is 2.27 bits per heavy atom. The molecule has 0 heterocycles. The minimum atomic E-state index is 0.340. The lowest BCUT2D eigenvalue weighted by molar-refractivity contribution is -0.133. The normalized spacial score (nSPS) is 12.5. The van der Waals surface area contributed by atoms with Crippen LogP contribution in [0.4, 0.5) is 0 Å². The molecule has 0 aliphatic rings. The molecular weight excluding hydrogens is 186 g/mol. The highest BCUT2D eigenvalue weighted by Gasteiger charge is 2.17. The molecule has 0 aromatic carbocycles. The first-order chi connectivity index (χ1) is 7.17. The highest BCUT2D eigenvalue weighted by atomic mass is 16.2. The van der Waals surface area contributed by atoms with Gasteiger partial charge < -0.3 is 4.90 Å². The molecule has 0 spiro atoms. The van der Waals surface area contributed by atoms with Crippen molar-refractivity contribution in [1.82, 2.24) is 4.90 Å². The molecule has 0 N–H and O–H groups in total. The Morgan fingerprint density at radius 2 is 1.80 bits per heavy atom. The molecular formula is C13H27NO. The van der Waals surface area contributed by atoms with Gasteiger partial charge in [-0.05, 0) is 26.2 Å². The van der Waals surface area contributed by atoms with E-state index in [0.29, 0.717) is 18.4 Å². The van der Waals surface area contributed by atoms with Crippen molar-refractivity contribution in [3.8, 4) is 0 Å². The van der Waals surface area contributed by atoms with Gasteiger partial charge >= 0.3 is 0 Å². The summed E-state index contributed by atoms with van der Waals surface area (Å²) in [5.74, 6) is 0.340. The zero-order valence-corrected chi connectivity index (χ0v) is 10.9. The van der Waals surface area contributed by atoms with Crippen LogP contribution in [0.15, 0.2) is 0 Å². The van der Waals surface area contributed by atoms with E-state index >= 15 is 0 Å². The van der Waals surface area contributed by atoms with E-state index in [-0.39, 0.29) is 0 Å². The molecule has 0 aliphatic heterocycles. The molecule has 0 aromatic rings. The summed E-state index contributed by atoms with van der Waals surface area (Å²) < 4.78 is 0. The maximum atomic E-state index is 11.9. The third-order valence-corrected chi connectivity index (χ3v) is 2.78. The molecule has 0 aromatic heterocycles. The fourth-order valence-corrected chi connectivity index (χ4v) is 1.85. The van der Waals surface area contributed by atoms with Crippen LogP contribution in [0.5, 0.6) is 0 Å². The lowest BCUT2D eigenvalue weighted by Crippen LogP contribution is -2.39. The highest BCUT2D eigenvalue weighted by Crippen LogP contribution is 2.10. The van der Waals surface area contributed by atoms with E-state index in [1.54, 1.807) is 0 Å². The van der Waals surface area contributed by atoms with Crippen LogP contribution in [0, 0.1) is 0 Å². The first-order valence-corrected chi connectivity index (χ1v) is 6.46. The fraction of sp³-hybridized carbons (Fsp3) is 0.923. The minimum Gasteiger partial charge on any atom is -0.340 e. The summed E-state index contributed by atoms with van der Waals surface area (Å²) in [5.41, 5.74) is 0. The Labute approximate surface area is 95.0 Å². The third kappa shape index (κ3) is 5.81. The molecule has 1 amide bonds. The molecule has 0 radical (unpaired) electrons. The summed E-state index contributed by atoms with van der Waals surface area (Å²) >= 11 is 0. The standard InChI is InChI=1S/C13H27NO/c1-5-8-11-14(12(4)9-6-2)13(15)10-7-3/h12H,5-11H2,1-4H3. The molecule has 2 heteroatoms. The van der Waals surface area contributed by atoms with Crippen molar-refractivity contribution in [2.24, 2.45) is 0 Å². The molecule has 2 nitrogen and oxygen atoms in total. The summed E-state index contributed by atoms with van der Waals surface area (Å²) in [6.45, 7) is 9.54. The van der Waals surface area contributed by atoms with Crippen LogP contribution in [0.1, 0.15) is 66.2 Å². The number of nitrogens with zero attached hydrogens (tertiary/aromatic N) is 1. The van der Waals surface area contributed by atoms with Gasteiger partial charge in [0.25, 0.3) is 0 Å². The number of hydrogen-bond acceptors (Lipinski definition) is 1. The first kappa shape index (κ1) is 14.5. The van der Waals surface area contributed by atoms with Crippen LogP contribution in [0.3, 0.4) is 0 Å². The van der Waals surface area contributed by atoms with Gasteiger partial charge in [-0.1, -0.05) is 33.6 Å². The second kappa shape index (κ2) is 8.75. The Bertz CT molecular complexity index is 168. The summed E-state index contributed by atoms with van der Waals surface area (Å²) in [4.78, 5) is 14.0. The number of carbonyl (C=O) groups is 1. The number of rotatable bonds is 8. The Hall–Kier alpha value is -0.530. The molecule has 1 atom stereocenters. The first-order valence-electron chi connectivity index (χ1n) is 6.46. The number of hydrogen-bond donors (Lipinski definition) is 0. The zero-order chi connectivity index (χ0) is 11.7. The van der Waals surface area contributed by atoms with E-state index in [0.717, 1.165) is 38.6 Å². The lowest BCUT2D eigenvalue weighted by Gasteiger charge is -2.29.